The average molecular weight is 373 g/mol. The molecule has 0 saturated carbocycles. The minimum Gasteiger partial charge on any atom is -0.491 e. The number of fused-ring (bicyclic) bond motifs is 1. The van der Waals surface area contributed by atoms with Gasteiger partial charge in [0.25, 0.3) is 0 Å². The molecular weight excluding hydrogens is 357 g/mol. The van der Waals surface area contributed by atoms with E-state index in [9.17, 15) is 13.2 Å². The molecule has 2 unspecified atom stereocenters. The smallest absolute Gasteiger partial charge is 0.491 e. The van der Waals surface area contributed by atoms with Crippen molar-refractivity contribution in [1.29, 1.82) is 0 Å². The molecule has 25 heavy (non-hydrogen) atoms. The average Bonchev–Trinajstić information content (AvgIpc) is 2.90. The van der Waals surface area contributed by atoms with Crippen LogP contribution in [-0.4, -0.2) is 35.8 Å². The summed E-state index contributed by atoms with van der Waals surface area (Å²) < 4.78 is 46.1. The Hall–Kier alpha value is -2.15. The van der Waals surface area contributed by atoms with Gasteiger partial charge in [-0.3, -0.25) is 4.99 Å². The lowest BCUT2D eigenvalue weighted by atomic mass is 10.1. The summed E-state index contributed by atoms with van der Waals surface area (Å²) in [7, 11) is 0. The molecule has 2 heterocycles. The summed E-state index contributed by atoms with van der Waals surface area (Å²) in [5.41, 5.74) is 0. The van der Waals surface area contributed by atoms with Crippen LogP contribution in [0, 0.1) is 0 Å². The van der Waals surface area contributed by atoms with Gasteiger partial charge in [0.2, 0.25) is 0 Å². The fraction of sp³-hybridized carbons (Fsp3) is 0.353. The van der Waals surface area contributed by atoms with Gasteiger partial charge in [0.15, 0.2) is 0 Å². The number of nitrogens with zero attached hydrogens (tertiary/aromatic N) is 2. The van der Waals surface area contributed by atoms with E-state index in [4.69, 9.17) is 16.3 Å². The lowest BCUT2D eigenvalue weighted by Crippen LogP contribution is -2.40. The van der Waals surface area contributed by atoms with E-state index in [1.54, 1.807) is 6.08 Å². The minimum atomic E-state index is -4.71. The van der Waals surface area contributed by atoms with E-state index in [-0.39, 0.29) is 17.8 Å². The van der Waals surface area contributed by atoms with E-state index in [1.165, 1.54) is 24.3 Å². The third-order valence-corrected chi connectivity index (χ3v) is 4.14. The van der Waals surface area contributed by atoms with Crippen LogP contribution in [0.4, 0.5) is 13.2 Å². The molecule has 0 bridgehead atoms. The maximum absolute atomic E-state index is 12.2. The summed E-state index contributed by atoms with van der Waals surface area (Å²) in [5.74, 6) is 1.01. The van der Waals surface area contributed by atoms with E-state index in [2.05, 4.69) is 9.73 Å². The number of aliphatic imine (C=N–C) groups is 1. The summed E-state index contributed by atoms with van der Waals surface area (Å²) in [6.07, 6.45) is 1.58. The van der Waals surface area contributed by atoms with Crippen molar-refractivity contribution in [1.82, 2.24) is 4.90 Å². The molecule has 0 radical (unpaired) electrons. The summed E-state index contributed by atoms with van der Waals surface area (Å²) in [4.78, 5) is 6.61. The van der Waals surface area contributed by atoms with Crippen LogP contribution in [0.25, 0.3) is 0 Å². The first-order valence-corrected chi connectivity index (χ1v) is 8.13. The summed E-state index contributed by atoms with van der Waals surface area (Å²) in [5, 5.41) is 0.606. The predicted octanol–water partition coefficient (Wildman–Crippen LogP) is 4.48. The number of hydrogen-bond acceptors (Lipinski definition) is 4. The van der Waals surface area contributed by atoms with Crippen molar-refractivity contribution in [2.24, 2.45) is 4.99 Å². The number of halogens is 4. The number of allylic oxidation sites excluding steroid dienone is 2. The van der Waals surface area contributed by atoms with Gasteiger partial charge in [-0.2, -0.15) is 0 Å². The molecule has 0 saturated heterocycles. The van der Waals surface area contributed by atoms with Gasteiger partial charge >= 0.3 is 6.36 Å². The minimum absolute atomic E-state index is 0.0233. The van der Waals surface area contributed by atoms with Gasteiger partial charge < -0.3 is 14.4 Å². The number of hydrogen-bond donors (Lipinski definition) is 0. The van der Waals surface area contributed by atoms with Gasteiger partial charge in [0.05, 0.1) is 17.1 Å². The molecule has 2 aliphatic heterocycles. The number of benzene rings is 1. The molecule has 0 amide bonds. The Morgan fingerprint density at radius 2 is 1.84 bits per heavy atom. The summed E-state index contributed by atoms with van der Waals surface area (Å²) in [6, 6.07) is 5.36. The van der Waals surface area contributed by atoms with E-state index in [0.717, 1.165) is 12.3 Å². The first-order chi connectivity index (χ1) is 11.9. The first-order valence-electron chi connectivity index (χ1n) is 7.76. The van der Waals surface area contributed by atoms with Gasteiger partial charge in [-0.15, -0.1) is 13.2 Å². The van der Waals surface area contributed by atoms with Crippen LogP contribution in [0.15, 0.2) is 52.6 Å². The van der Waals surface area contributed by atoms with Crippen molar-refractivity contribution in [3.8, 4) is 11.5 Å². The van der Waals surface area contributed by atoms with Crippen LogP contribution in [0.2, 0.25) is 0 Å². The third-order valence-electron chi connectivity index (χ3n) is 3.91. The van der Waals surface area contributed by atoms with E-state index < -0.39 is 6.36 Å². The zero-order chi connectivity index (χ0) is 18.0. The molecule has 1 aromatic carbocycles. The number of alkyl halides is 3. The van der Waals surface area contributed by atoms with Gasteiger partial charge in [-0.05, 0) is 42.8 Å². The molecule has 8 heteroatoms. The molecule has 0 aliphatic carbocycles. The molecule has 134 valence electrons. The Kier molecular flexibility index (Phi) is 4.94. The number of ether oxygens (including phenoxy) is 2. The van der Waals surface area contributed by atoms with Gasteiger partial charge in [0.1, 0.15) is 23.9 Å². The van der Waals surface area contributed by atoms with Crippen molar-refractivity contribution in [2.45, 2.75) is 31.8 Å². The van der Waals surface area contributed by atoms with Crippen molar-refractivity contribution in [3.63, 3.8) is 0 Å². The van der Waals surface area contributed by atoms with Crippen LogP contribution >= 0.6 is 11.6 Å². The number of amidine groups is 1. The molecule has 2 aliphatic rings. The zero-order valence-corrected chi connectivity index (χ0v) is 14.1. The van der Waals surface area contributed by atoms with E-state index >= 15 is 0 Å². The second-order valence-electron chi connectivity index (χ2n) is 5.62. The second-order valence-corrected chi connectivity index (χ2v) is 6.05. The van der Waals surface area contributed by atoms with Crippen molar-refractivity contribution in [2.75, 3.05) is 6.61 Å². The molecule has 0 spiro atoms. The molecule has 4 nitrogen and oxygen atoms in total. The molecule has 0 aromatic heterocycles. The van der Waals surface area contributed by atoms with E-state index in [0.29, 0.717) is 17.4 Å². The van der Waals surface area contributed by atoms with Crippen molar-refractivity contribution in [3.05, 3.63) is 47.6 Å². The summed E-state index contributed by atoms with van der Waals surface area (Å²) >= 11 is 6.06. The van der Waals surface area contributed by atoms with Crippen molar-refractivity contribution < 1.29 is 22.6 Å². The van der Waals surface area contributed by atoms with E-state index in [1.807, 2.05) is 24.1 Å². The van der Waals surface area contributed by atoms with Crippen molar-refractivity contribution >= 4 is 17.4 Å². The Bertz CT molecular complexity index is 714. The predicted molar refractivity (Wildman–Crippen MR) is 88.8 cm³/mol. The zero-order valence-electron chi connectivity index (χ0n) is 13.3. The highest BCUT2D eigenvalue weighted by Gasteiger charge is 2.35. The molecule has 3 rings (SSSR count). The Labute approximate surface area is 148 Å². The molecule has 0 fully saturated rings. The lowest BCUT2D eigenvalue weighted by Gasteiger charge is -2.28. The highest BCUT2D eigenvalue weighted by atomic mass is 35.5. The van der Waals surface area contributed by atoms with Gasteiger partial charge in [-0.25, -0.2) is 0 Å². The van der Waals surface area contributed by atoms with Crippen LogP contribution in [-0.2, 0) is 0 Å². The summed E-state index contributed by atoms with van der Waals surface area (Å²) in [6.45, 7) is 2.37. The monoisotopic (exact) mass is 372 g/mol. The first kappa shape index (κ1) is 17.7. The standard InChI is InChI=1S/C17H16ClF3N2O2/c1-2-14-15(23-9-11(18)3-8-16(23)22-14)10-24-12-4-6-13(7-5-12)25-17(19,20)21/h3-9,14-15H,2,10H2,1H3. The largest absolute Gasteiger partial charge is 0.573 e. The molecular formula is C17H16ClF3N2O2. The highest BCUT2D eigenvalue weighted by Crippen LogP contribution is 2.28. The van der Waals surface area contributed by atoms with Crippen LogP contribution in [0.5, 0.6) is 11.5 Å². The fourth-order valence-electron chi connectivity index (χ4n) is 2.77. The highest BCUT2D eigenvalue weighted by molar-refractivity contribution is 6.32. The number of rotatable bonds is 5. The lowest BCUT2D eigenvalue weighted by molar-refractivity contribution is -0.274. The maximum Gasteiger partial charge on any atom is 0.573 e. The normalized spacial score (nSPS) is 22.4. The van der Waals surface area contributed by atoms with Crippen LogP contribution in [0.1, 0.15) is 13.3 Å². The Morgan fingerprint density at radius 1 is 1.16 bits per heavy atom. The van der Waals surface area contributed by atoms with Gasteiger partial charge in [-0.1, -0.05) is 18.5 Å². The fourth-order valence-corrected chi connectivity index (χ4v) is 2.94. The van der Waals surface area contributed by atoms with Crippen LogP contribution < -0.4 is 9.47 Å². The second kappa shape index (κ2) is 7.00. The molecule has 0 N–H and O–H groups in total. The maximum atomic E-state index is 12.2. The molecule has 1 aromatic rings. The quantitative estimate of drug-likeness (QED) is 0.764. The van der Waals surface area contributed by atoms with Crippen LogP contribution in [0.3, 0.4) is 0 Å². The van der Waals surface area contributed by atoms with Gasteiger partial charge in [0, 0.05) is 6.20 Å². The Morgan fingerprint density at radius 3 is 2.48 bits per heavy atom. The SMILES string of the molecule is CCC1N=C2C=CC(Cl)=CN2C1COc1ccc(OC(F)(F)F)cc1. The third kappa shape index (κ3) is 4.28. The topological polar surface area (TPSA) is 34.1 Å². The Balaban J connectivity index is 1.64. The molecule has 2 atom stereocenters.